The Balaban J connectivity index is 1.75. The number of primary amides is 1. The molecule has 5 heteroatoms. The lowest BCUT2D eigenvalue weighted by Crippen LogP contribution is -2.53. The van der Waals surface area contributed by atoms with Crippen LogP contribution in [0.15, 0.2) is 48.5 Å². The van der Waals surface area contributed by atoms with Gasteiger partial charge in [-0.2, -0.15) is 0 Å². The van der Waals surface area contributed by atoms with Gasteiger partial charge >= 0.3 is 0 Å². The second-order valence-corrected chi connectivity index (χ2v) is 8.05. The third kappa shape index (κ3) is 5.04. The van der Waals surface area contributed by atoms with E-state index in [9.17, 15) is 9.59 Å². The smallest absolute Gasteiger partial charge is 0.225 e. The average molecular weight is 395 g/mol. The van der Waals surface area contributed by atoms with E-state index < -0.39 is 5.41 Å². The summed E-state index contributed by atoms with van der Waals surface area (Å²) in [6.45, 7) is 3.51. The van der Waals surface area contributed by atoms with Crippen molar-refractivity contribution < 1.29 is 14.3 Å². The van der Waals surface area contributed by atoms with Crippen LogP contribution < -0.4 is 5.73 Å². The molecule has 3 rings (SSSR count). The summed E-state index contributed by atoms with van der Waals surface area (Å²) < 4.78 is 5.01. The maximum Gasteiger partial charge on any atom is 0.225 e. The van der Waals surface area contributed by atoms with E-state index in [1.54, 1.807) is 12.0 Å². The van der Waals surface area contributed by atoms with Crippen LogP contribution in [0, 0.1) is 12.3 Å². The normalized spacial score (nSPS) is 19.2. The average Bonchev–Trinajstić information content (AvgIpc) is 2.73. The van der Waals surface area contributed by atoms with E-state index in [0.717, 1.165) is 17.5 Å². The zero-order valence-corrected chi connectivity index (χ0v) is 17.3. The second-order valence-electron chi connectivity index (χ2n) is 8.05. The molecular formula is C24H30N2O3. The van der Waals surface area contributed by atoms with Crippen molar-refractivity contribution in [3.63, 3.8) is 0 Å². The number of benzene rings is 2. The monoisotopic (exact) mass is 394 g/mol. The van der Waals surface area contributed by atoms with Crippen molar-refractivity contribution in [2.24, 2.45) is 11.1 Å². The molecule has 2 amide bonds. The first-order valence-corrected chi connectivity index (χ1v) is 10.2. The number of carbonyl (C=O) groups is 2. The SMILES string of the molecule is COCCC(=O)N1CCC[C@](Cc2ccc(-c3ccc(C)cc3)cc2)(C(N)=O)C1. The standard InChI is InChI=1S/C24H30N2O3/c1-18-4-8-20(9-5-18)21-10-6-19(7-11-21)16-24(23(25)28)13-3-14-26(17-24)22(27)12-15-29-2/h4-11H,3,12-17H2,1-2H3,(H2,25,28)/t24-/m1/s1. The minimum atomic E-state index is -0.716. The van der Waals surface area contributed by atoms with Gasteiger partial charge < -0.3 is 15.4 Å². The molecule has 2 N–H and O–H groups in total. The topological polar surface area (TPSA) is 72.6 Å². The summed E-state index contributed by atoms with van der Waals surface area (Å²) in [6, 6.07) is 16.7. The highest BCUT2D eigenvalue weighted by Crippen LogP contribution is 2.34. The maximum atomic E-state index is 12.4. The minimum Gasteiger partial charge on any atom is -0.384 e. The van der Waals surface area contributed by atoms with E-state index in [-0.39, 0.29) is 11.8 Å². The Labute approximate surface area is 172 Å². The van der Waals surface area contributed by atoms with Gasteiger partial charge in [-0.15, -0.1) is 0 Å². The number of amides is 2. The van der Waals surface area contributed by atoms with E-state index in [1.165, 1.54) is 11.1 Å². The van der Waals surface area contributed by atoms with Crippen LogP contribution in [0.25, 0.3) is 11.1 Å². The van der Waals surface area contributed by atoms with Gasteiger partial charge in [0, 0.05) is 20.2 Å². The van der Waals surface area contributed by atoms with Gasteiger partial charge in [-0.1, -0.05) is 54.1 Å². The van der Waals surface area contributed by atoms with Gasteiger partial charge in [0.05, 0.1) is 18.4 Å². The molecule has 1 aliphatic heterocycles. The van der Waals surface area contributed by atoms with Crippen molar-refractivity contribution in [3.05, 3.63) is 59.7 Å². The Morgan fingerprint density at radius 2 is 1.69 bits per heavy atom. The number of rotatable bonds is 7. The van der Waals surface area contributed by atoms with E-state index in [4.69, 9.17) is 10.5 Å². The molecule has 0 unspecified atom stereocenters. The summed E-state index contributed by atoms with van der Waals surface area (Å²) in [5.41, 5.74) is 9.73. The zero-order valence-electron chi connectivity index (χ0n) is 17.3. The van der Waals surface area contributed by atoms with E-state index in [2.05, 4.69) is 55.5 Å². The molecule has 0 spiro atoms. The highest BCUT2D eigenvalue weighted by molar-refractivity contribution is 5.83. The molecule has 0 radical (unpaired) electrons. The molecule has 5 nitrogen and oxygen atoms in total. The van der Waals surface area contributed by atoms with Crippen molar-refractivity contribution >= 4 is 11.8 Å². The zero-order chi connectivity index (χ0) is 20.9. The quantitative estimate of drug-likeness (QED) is 0.783. The fourth-order valence-corrected chi connectivity index (χ4v) is 4.08. The fraction of sp³-hybridized carbons (Fsp3) is 0.417. The van der Waals surface area contributed by atoms with E-state index >= 15 is 0 Å². The second kappa shape index (κ2) is 9.23. The summed E-state index contributed by atoms with van der Waals surface area (Å²) in [4.78, 5) is 26.7. The summed E-state index contributed by atoms with van der Waals surface area (Å²) >= 11 is 0. The van der Waals surface area contributed by atoms with Gasteiger partial charge in [0.25, 0.3) is 0 Å². The number of nitrogens with zero attached hydrogens (tertiary/aromatic N) is 1. The lowest BCUT2D eigenvalue weighted by atomic mass is 9.74. The summed E-state index contributed by atoms with van der Waals surface area (Å²) in [6.07, 6.45) is 2.36. The predicted octanol–water partition coefficient (Wildman–Crippen LogP) is 3.34. The van der Waals surface area contributed by atoms with Crippen LogP contribution in [0.4, 0.5) is 0 Å². The molecule has 1 saturated heterocycles. The molecule has 1 heterocycles. The van der Waals surface area contributed by atoms with Crippen LogP contribution in [0.1, 0.15) is 30.4 Å². The van der Waals surface area contributed by atoms with Crippen molar-refractivity contribution in [1.29, 1.82) is 0 Å². The van der Waals surface area contributed by atoms with Crippen molar-refractivity contribution in [2.45, 2.75) is 32.6 Å². The number of aryl methyl sites for hydroxylation is 1. The number of carbonyl (C=O) groups excluding carboxylic acids is 2. The molecule has 0 aromatic heterocycles. The largest absolute Gasteiger partial charge is 0.384 e. The number of nitrogens with two attached hydrogens (primary N) is 1. The highest BCUT2D eigenvalue weighted by atomic mass is 16.5. The van der Waals surface area contributed by atoms with Gasteiger partial charge in [0.2, 0.25) is 11.8 Å². The highest BCUT2D eigenvalue weighted by Gasteiger charge is 2.42. The van der Waals surface area contributed by atoms with Crippen LogP contribution in [0.3, 0.4) is 0 Å². The Morgan fingerprint density at radius 1 is 1.07 bits per heavy atom. The molecule has 2 aromatic carbocycles. The van der Waals surface area contributed by atoms with Crippen LogP contribution >= 0.6 is 0 Å². The lowest BCUT2D eigenvalue weighted by molar-refractivity contribution is -0.140. The molecule has 1 fully saturated rings. The van der Waals surface area contributed by atoms with Crippen LogP contribution in [-0.4, -0.2) is 43.5 Å². The molecule has 2 aromatic rings. The molecule has 1 atom stereocenters. The Bertz CT molecular complexity index is 845. The van der Waals surface area contributed by atoms with Crippen molar-refractivity contribution in [1.82, 2.24) is 4.90 Å². The molecule has 154 valence electrons. The van der Waals surface area contributed by atoms with Crippen LogP contribution in [0.2, 0.25) is 0 Å². The van der Waals surface area contributed by atoms with Gasteiger partial charge in [0.1, 0.15) is 0 Å². The van der Waals surface area contributed by atoms with Gasteiger partial charge in [0.15, 0.2) is 0 Å². The number of likely N-dealkylation sites (tertiary alicyclic amines) is 1. The van der Waals surface area contributed by atoms with Crippen molar-refractivity contribution in [2.75, 3.05) is 26.8 Å². The summed E-state index contributed by atoms with van der Waals surface area (Å²) in [5, 5.41) is 0. The molecule has 0 saturated carbocycles. The number of hydrogen-bond donors (Lipinski definition) is 1. The molecule has 29 heavy (non-hydrogen) atoms. The molecule has 0 aliphatic carbocycles. The lowest BCUT2D eigenvalue weighted by Gasteiger charge is -2.41. The molecule has 0 bridgehead atoms. The third-order valence-corrected chi connectivity index (χ3v) is 5.85. The number of ether oxygens (including phenoxy) is 1. The predicted molar refractivity (Wildman–Crippen MR) is 114 cm³/mol. The third-order valence-electron chi connectivity index (χ3n) is 5.85. The van der Waals surface area contributed by atoms with Crippen molar-refractivity contribution in [3.8, 4) is 11.1 Å². The molecule has 1 aliphatic rings. The summed E-state index contributed by atoms with van der Waals surface area (Å²) in [5.74, 6) is -0.309. The number of methoxy groups -OCH3 is 1. The van der Waals surface area contributed by atoms with Crippen LogP contribution in [-0.2, 0) is 20.7 Å². The maximum absolute atomic E-state index is 12.4. The number of piperidine rings is 1. The Hall–Kier alpha value is -2.66. The Morgan fingerprint density at radius 3 is 2.28 bits per heavy atom. The van der Waals surface area contributed by atoms with Gasteiger partial charge in [-0.05, 0) is 42.9 Å². The first kappa shape index (κ1) is 21.1. The molecular weight excluding hydrogens is 364 g/mol. The van der Waals surface area contributed by atoms with Crippen LogP contribution in [0.5, 0.6) is 0 Å². The van der Waals surface area contributed by atoms with Gasteiger partial charge in [-0.3, -0.25) is 9.59 Å². The van der Waals surface area contributed by atoms with E-state index in [0.29, 0.717) is 39.0 Å². The summed E-state index contributed by atoms with van der Waals surface area (Å²) in [7, 11) is 1.58. The van der Waals surface area contributed by atoms with E-state index in [1.807, 2.05) is 0 Å². The number of hydrogen-bond acceptors (Lipinski definition) is 3. The first-order valence-electron chi connectivity index (χ1n) is 10.2. The first-order chi connectivity index (χ1) is 13.9. The Kier molecular flexibility index (Phi) is 6.70. The minimum absolute atomic E-state index is 0.0203. The fourth-order valence-electron chi connectivity index (χ4n) is 4.08. The van der Waals surface area contributed by atoms with Gasteiger partial charge in [-0.25, -0.2) is 0 Å².